The Balaban J connectivity index is 1.21. The van der Waals surface area contributed by atoms with Gasteiger partial charge < -0.3 is 25.4 Å². The summed E-state index contributed by atoms with van der Waals surface area (Å²) < 4.78 is 11.2. The molecule has 6 rings (SSSR count). The van der Waals surface area contributed by atoms with Crippen LogP contribution in [-0.2, 0) is 24.4 Å². The summed E-state index contributed by atoms with van der Waals surface area (Å²) in [7, 11) is 3.13. The van der Waals surface area contributed by atoms with Crippen LogP contribution in [0, 0.1) is 0 Å². The molecule has 48 heavy (non-hydrogen) atoms. The van der Waals surface area contributed by atoms with Gasteiger partial charge >= 0.3 is 0 Å². The Morgan fingerprint density at radius 1 is 0.771 bits per heavy atom. The average Bonchev–Trinajstić information content (AvgIpc) is 3.54. The number of rotatable bonds is 13. The lowest BCUT2D eigenvalue weighted by Gasteiger charge is -2.15. The monoisotopic (exact) mass is 684 g/mol. The second-order valence-corrected chi connectivity index (χ2v) is 11.9. The van der Waals surface area contributed by atoms with Gasteiger partial charge in [0, 0.05) is 73.3 Å². The Morgan fingerprint density at radius 2 is 1.31 bits per heavy atom. The largest absolute Gasteiger partial charge is 0.480 e. The van der Waals surface area contributed by atoms with Crippen molar-refractivity contribution in [3.63, 3.8) is 0 Å². The van der Waals surface area contributed by atoms with E-state index in [1.807, 2.05) is 48.5 Å². The number of nitrogens with one attached hydrogen (secondary N) is 3. The fourth-order valence-electron chi connectivity index (χ4n) is 5.52. The van der Waals surface area contributed by atoms with Gasteiger partial charge in [0.1, 0.15) is 11.4 Å². The third-order valence-electron chi connectivity index (χ3n) is 7.99. The van der Waals surface area contributed by atoms with Crippen LogP contribution in [0.25, 0.3) is 33.6 Å². The Morgan fingerprint density at radius 3 is 1.83 bits per heavy atom. The number of nitrogens with zero attached hydrogens (tertiary/aromatic N) is 5. The van der Waals surface area contributed by atoms with E-state index in [4.69, 9.17) is 42.6 Å². The van der Waals surface area contributed by atoms with E-state index in [2.05, 4.69) is 30.9 Å². The molecule has 1 aliphatic heterocycles. The molecular formula is C35H34Cl2N8O3. The molecule has 1 aliphatic rings. The van der Waals surface area contributed by atoms with Crippen LogP contribution in [0.15, 0.2) is 73.3 Å². The van der Waals surface area contributed by atoms with E-state index < -0.39 is 0 Å². The van der Waals surface area contributed by atoms with Gasteiger partial charge in [0.2, 0.25) is 17.7 Å². The minimum absolute atomic E-state index is 0.0835. The number of pyridine rings is 1. The highest BCUT2D eigenvalue weighted by molar-refractivity contribution is 6.39. The first-order valence-electron chi connectivity index (χ1n) is 15.4. The molecule has 2 aromatic carbocycles. The van der Waals surface area contributed by atoms with Crippen LogP contribution < -0.4 is 25.4 Å². The molecule has 3 N–H and O–H groups in total. The number of carbonyl (C=O) groups is 1. The van der Waals surface area contributed by atoms with E-state index in [1.165, 1.54) is 0 Å². The van der Waals surface area contributed by atoms with Gasteiger partial charge in [-0.15, -0.1) is 0 Å². The third-order valence-corrected chi connectivity index (χ3v) is 8.80. The number of methoxy groups -OCH3 is 2. The molecule has 11 nitrogen and oxygen atoms in total. The average molecular weight is 686 g/mol. The minimum atomic E-state index is 0.0835. The number of benzene rings is 2. The van der Waals surface area contributed by atoms with Crippen molar-refractivity contribution in [1.29, 1.82) is 0 Å². The summed E-state index contributed by atoms with van der Waals surface area (Å²) in [5.41, 5.74) is 6.39. The van der Waals surface area contributed by atoms with Gasteiger partial charge in [-0.3, -0.25) is 19.7 Å². The van der Waals surface area contributed by atoms with Crippen molar-refractivity contribution in [3.05, 3.63) is 100 Å². The van der Waals surface area contributed by atoms with Gasteiger partial charge in [-0.2, -0.15) is 0 Å². The van der Waals surface area contributed by atoms with Crippen molar-refractivity contribution in [1.82, 2.24) is 40.9 Å². The lowest BCUT2D eigenvalue weighted by Crippen LogP contribution is -2.35. The van der Waals surface area contributed by atoms with Gasteiger partial charge in [-0.25, -0.2) is 9.97 Å². The van der Waals surface area contributed by atoms with Crippen LogP contribution in [0.3, 0.4) is 0 Å². The molecule has 246 valence electrons. The van der Waals surface area contributed by atoms with Crippen molar-refractivity contribution in [2.45, 2.75) is 38.5 Å². The number of aromatic nitrogens is 5. The van der Waals surface area contributed by atoms with Crippen molar-refractivity contribution >= 4 is 29.1 Å². The fourth-order valence-corrected chi connectivity index (χ4v) is 6.17. The second-order valence-electron chi connectivity index (χ2n) is 11.1. The van der Waals surface area contributed by atoms with Crippen LogP contribution in [0.4, 0.5) is 0 Å². The first-order valence-corrected chi connectivity index (χ1v) is 16.2. The molecule has 0 bridgehead atoms. The van der Waals surface area contributed by atoms with Gasteiger partial charge in [0.25, 0.3) is 0 Å². The molecule has 13 heteroatoms. The molecule has 1 amide bonds. The molecular weight excluding hydrogens is 651 g/mol. The summed E-state index contributed by atoms with van der Waals surface area (Å²) in [6.07, 6.45) is 8.26. The van der Waals surface area contributed by atoms with Crippen molar-refractivity contribution in [2.24, 2.45) is 0 Å². The van der Waals surface area contributed by atoms with Crippen LogP contribution >= 0.6 is 23.2 Å². The zero-order valence-corrected chi connectivity index (χ0v) is 28.0. The van der Waals surface area contributed by atoms with E-state index in [0.29, 0.717) is 88.3 Å². The van der Waals surface area contributed by atoms with Crippen molar-refractivity contribution in [2.75, 3.05) is 20.8 Å². The highest BCUT2D eigenvalue weighted by atomic mass is 35.5. The Hall–Kier alpha value is -4.68. The molecule has 1 atom stereocenters. The first kappa shape index (κ1) is 33.2. The number of hydrogen-bond donors (Lipinski definition) is 3. The zero-order valence-electron chi connectivity index (χ0n) is 26.5. The lowest BCUT2D eigenvalue weighted by molar-refractivity contribution is -0.119. The molecule has 1 fully saturated rings. The number of carbonyl (C=O) groups excluding carboxylic acids is 1. The van der Waals surface area contributed by atoms with Crippen LogP contribution in [0.2, 0.25) is 10.0 Å². The smallest absolute Gasteiger partial charge is 0.237 e. The Kier molecular flexibility index (Phi) is 10.7. The number of ether oxygens (including phenoxy) is 2. The van der Waals surface area contributed by atoms with E-state index in [0.717, 1.165) is 23.1 Å². The maximum atomic E-state index is 11.5. The summed E-state index contributed by atoms with van der Waals surface area (Å²) in [6, 6.07) is 15.4. The van der Waals surface area contributed by atoms with Crippen molar-refractivity contribution in [3.8, 4) is 45.4 Å². The highest BCUT2D eigenvalue weighted by Crippen LogP contribution is 2.42. The lowest BCUT2D eigenvalue weighted by atomic mass is 9.98. The molecule has 5 aromatic rings. The predicted octanol–water partition coefficient (Wildman–Crippen LogP) is 5.64. The number of amides is 1. The predicted molar refractivity (Wildman–Crippen MR) is 185 cm³/mol. The van der Waals surface area contributed by atoms with Crippen molar-refractivity contribution < 1.29 is 14.3 Å². The SMILES string of the molecule is COc1nc(-c2cccc(-c3cccc(-c4cnc(CNC[C@@H]5CCC(=O)N5)c(OC)n4)c3Cl)c2Cl)cnc1CNCc1ccncc1. The maximum Gasteiger partial charge on any atom is 0.237 e. The summed E-state index contributed by atoms with van der Waals surface area (Å²) >= 11 is 14.1. The van der Waals surface area contributed by atoms with E-state index >= 15 is 0 Å². The van der Waals surface area contributed by atoms with E-state index in [1.54, 1.807) is 39.0 Å². The van der Waals surface area contributed by atoms with Gasteiger partial charge in [-0.1, -0.05) is 59.6 Å². The van der Waals surface area contributed by atoms with Crippen LogP contribution in [0.1, 0.15) is 29.8 Å². The molecule has 0 unspecified atom stereocenters. The maximum absolute atomic E-state index is 11.5. The summed E-state index contributed by atoms with van der Waals surface area (Å²) in [5, 5.41) is 10.6. The van der Waals surface area contributed by atoms with Gasteiger partial charge in [0.15, 0.2) is 0 Å². The first-order chi connectivity index (χ1) is 23.4. The Bertz CT molecular complexity index is 1910. The minimum Gasteiger partial charge on any atom is -0.480 e. The van der Waals surface area contributed by atoms with Gasteiger partial charge in [-0.05, 0) is 24.1 Å². The molecule has 0 saturated carbocycles. The summed E-state index contributed by atoms with van der Waals surface area (Å²) in [4.78, 5) is 34.3. The van der Waals surface area contributed by atoms with Crippen LogP contribution in [0.5, 0.6) is 11.8 Å². The topological polar surface area (TPSA) is 136 Å². The standard InChI is InChI=1S/C35H34Cl2N8O3/c1-47-34-29(17-39-15-21-11-13-38-14-12-21)41-19-27(44-34)25-7-3-5-23(32(25)36)24-6-4-8-26(33(24)37)28-20-42-30(35(45-28)48-2)18-40-16-22-9-10-31(46)43-22/h3-8,11-14,19-20,22,39-40H,9-10,15-18H2,1-2H3,(H,43,46)/t22-/m0/s1. The highest BCUT2D eigenvalue weighted by Gasteiger charge is 2.21. The molecule has 4 heterocycles. The number of halogens is 2. The van der Waals surface area contributed by atoms with Gasteiger partial charge in [0.05, 0.1) is 48.0 Å². The summed E-state index contributed by atoms with van der Waals surface area (Å²) in [6.45, 7) is 2.21. The Labute approximate surface area is 288 Å². The molecule has 0 radical (unpaired) electrons. The normalized spacial score (nSPS) is 14.2. The quantitative estimate of drug-likeness (QED) is 0.143. The molecule has 0 aliphatic carbocycles. The summed E-state index contributed by atoms with van der Waals surface area (Å²) in [5.74, 6) is 0.883. The third kappa shape index (κ3) is 7.55. The zero-order chi connectivity index (χ0) is 33.5. The second kappa shape index (κ2) is 15.5. The van der Waals surface area contributed by atoms with E-state index in [9.17, 15) is 4.79 Å². The fraction of sp³-hybridized carbons (Fsp3) is 0.257. The molecule has 1 saturated heterocycles. The molecule has 3 aromatic heterocycles. The van der Waals surface area contributed by atoms with E-state index in [-0.39, 0.29) is 11.9 Å². The number of hydrogen-bond acceptors (Lipinski definition) is 10. The van der Waals surface area contributed by atoms with Crippen LogP contribution in [-0.4, -0.2) is 57.6 Å². The molecule has 0 spiro atoms.